The SMILES string of the molecule is CCCCC(=O)Nc1cccc(-c2ccc(C=O)o2)c1. The van der Waals surface area contributed by atoms with Gasteiger partial charge in [-0.15, -0.1) is 0 Å². The number of furan rings is 1. The first kappa shape index (κ1) is 14.1. The van der Waals surface area contributed by atoms with Crippen LogP contribution in [0, 0.1) is 0 Å². The molecular formula is C16H17NO3. The number of amides is 1. The number of nitrogens with one attached hydrogen (secondary N) is 1. The minimum Gasteiger partial charge on any atom is -0.453 e. The van der Waals surface area contributed by atoms with Crippen molar-refractivity contribution in [1.29, 1.82) is 0 Å². The highest BCUT2D eigenvalue weighted by Gasteiger charge is 2.06. The summed E-state index contributed by atoms with van der Waals surface area (Å²) >= 11 is 0. The van der Waals surface area contributed by atoms with Gasteiger partial charge in [0.15, 0.2) is 12.0 Å². The molecule has 0 spiro atoms. The molecule has 0 aliphatic heterocycles. The molecule has 0 fully saturated rings. The minimum absolute atomic E-state index is 0.0111. The van der Waals surface area contributed by atoms with Gasteiger partial charge in [0.2, 0.25) is 5.91 Å². The molecule has 0 bridgehead atoms. The van der Waals surface area contributed by atoms with Crippen molar-refractivity contribution < 1.29 is 14.0 Å². The Morgan fingerprint density at radius 2 is 2.15 bits per heavy atom. The average Bonchev–Trinajstić information content (AvgIpc) is 2.94. The van der Waals surface area contributed by atoms with Crippen LogP contribution in [0.2, 0.25) is 0 Å². The van der Waals surface area contributed by atoms with Gasteiger partial charge in [-0.25, -0.2) is 0 Å². The number of rotatable bonds is 6. The van der Waals surface area contributed by atoms with E-state index in [0.717, 1.165) is 24.1 Å². The lowest BCUT2D eigenvalue weighted by atomic mass is 10.1. The monoisotopic (exact) mass is 271 g/mol. The molecule has 0 saturated heterocycles. The van der Waals surface area contributed by atoms with Crippen LogP contribution in [-0.4, -0.2) is 12.2 Å². The van der Waals surface area contributed by atoms with E-state index in [1.54, 1.807) is 12.1 Å². The van der Waals surface area contributed by atoms with Crippen LogP contribution in [0.4, 0.5) is 5.69 Å². The van der Waals surface area contributed by atoms with Crippen molar-refractivity contribution in [2.24, 2.45) is 0 Å². The van der Waals surface area contributed by atoms with E-state index in [-0.39, 0.29) is 11.7 Å². The van der Waals surface area contributed by atoms with Crippen LogP contribution in [0.25, 0.3) is 11.3 Å². The summed E-state index contributed by atoms with van der Waals surface area (Å²) in [4.78, 5) is 22.3. The lowest BCUT2D eigenvalue weighted by Crippen LogP contribution is -2.10. The molecule has 0 atom stereocenters. The van der Waals surface area contributed by atoms with Crippen molar-refractivity contribution in [2.75, 3.05) is 5.32 Å². The lowest BCUT2D eigenvalue weighted by Gasteiger charge is -2.06. The Morgan fingerprint density at radius 1 is 1.30 bits per heavy atom. The van der Waals surface area contributed by atoms with Gasteiger partial charge in [-0.1, -0.05) is 25.5 Å². The van der Waals surface area contributed by atoms with Crippen LogP contribution < -0.4 is 5.32 Å². The maximum absolute atomic E-state index is 11.7. The highest BCUT2D eigenvalue weighted by molar-refractivity contribution is 5.91. The smallest absolute Gasteiger partial charge is 0.224 e. The average molecular weight is 271 g/mol. The molecule has 0 radical (unpaired) electrons. The van der Waals surface area contributed by atoms with Crippen molar-refractivity contribution >= 4 is 17.9 Å². The Balaban J connectivity index is 2.11. The molecule has 20 heavy (non-hydrogen) atoms. The van der Waals surface area contributed by atoms with Gasteiger partial charge in [0, 0.05) is 17.7 Å². The van der Waals surface area contributed by atoms with E-state index in [4.69, 9.17) is 4.42 Å². The van der Waals surface area contributed by atoms with E-state index < -0.39 is 0 Å². The summed E-state index contributed by atoms with van der Waals surface area (Å²) in [5.41, 5.74) is 1.55. The molecule has 1 N–H and O–H groups in total. The first-order valence-corrected chi connectivity index (χ1v) is 6.68. The molecule has 1 aromatic heterocycles. The van der Waals surface area contributed by atoms with E-state index in [9.17, 15) is 9.59 Å². The first-order valence-electron chi connectivity index (χ1n) is 6.68. The topological polar surface area (TPSA) is 59.3 Å². The number of carbonyl (C=O) groups excluding carboxylic acids is 2. The van der Waals surface area contributed by atoms with Gasteiger partial charge >= 0.3 is 0 Å². The number of aldehydes is 1. The van der Waals surface area contributed by atoms with Crippen LogP contribution >= 0.6 is 0 Å². The minimum atomic E-state index is 0.0111. The van der Waals surface area contributed by atoms with Crippen LogP contribution in [-0.2, 0) is 4.79 Å². The highest BCUT2D eigenvalue weighted by atomic mass is 16.3. The van der Waals surface area contributed by atoms with Gasteiger partial charge in [-0.2, -0.15) is 0 Å². The largest absolute Gasteiger partial charge is 0.453 e. The normalized spacial score (nSPS) is 10.2. The number of anilines is 1. The van der Waals surface area contributed by atoms with Gasteiger partial charge in [-0.3, -0.25) is 9.59 Å². The van der Waals surface area contributed by atoms with Gasteiger partial charge in [-0.05, 0) is 30.7 Å². The third-order valence-corrected chi connectivity index (χ3v) is 2.93. The Kier molecular flexibility index (Phi) is 4.71. The van der Waals surface area contributed by atoms with Gasteiger partial charge in [0.25, 0.3) is 0 Å². The third-order valence-electron chi connectivity index (χ3n) is 2.93. The number of benzene rings is 1. The summed E-state index contributed by atoms with van der Waals surface area (Å²) in [5, 5.41) is 2.86. The van der Waals surface area contributed by atoms with Crippen molar-refractivity contribution in [3.8, 4) is 11.3 Å². The van der Waals surface area contributed by atoms with Crippen molar-refractivity contribution in [3.63, 3.8) is 0 Å². The second-order valence-electron chi connectivity index (χ2n) is 4.55. The molecule has 0 saturated carbocycles. The molecule has 0 aliphatic carbocycles. The van der Waals surface area contributed by atoms with E-state index in [2.05, 4.69) is 12.2 Å². The molecule has 4 heteroatoms. The zero-order chi connectivity index (χ0) is 14.4. The van der Waals surface area contributed by atoms with Crippen molar-refractivity contribution in [3.05, 3.63) is 42.2 Å². The van der Waals surface area contributed by atoms with Crippen molar-refractivity contribution in [1.82, 2.24) is 0 Å². The van der Waals surface area contributed by atoms with Gasteiger partial charge < -0.3 is 9.73 Å². The van der Waals surface area contributed by atoms with E-state index >= 15 is 0 Å². The Bertz CT molecular complexity index is 601. The fraction of sp³-hybridized carbons (Fsp3) is 0.250. The molecule has 1 heterocycles. The molecular weight excluding hydrogens is 254 g/mol. The van der Waals surface area contributed by atoms with Crippen molar-refractivity contribution in [2.45, 2.75) is 26.2 Å². The van der Waals surface area contributed by atoms with E-state index in [0.29, 0.717) is 18.5 Å². The third kappa shape index (κ3) is 3.57. The molecule has 0 unspecified atom stereocenters. The number of carbonyl (C=O) groups is 2. The summed E-state index contributed by atoms with van der Waals surface area (Å²) in [6.07, 6.45) is 3.07. The lowest BCUT2D eigenvalue weighted by molar-refractivity contribution is -0.116. The summed E-state index contributed by atoms with van der Waals surface area (Å²) < 4.78 is 5.36. The summed E-state index contributed by atoms with van der Waals surface area (Å²) in [5.74, 6) is 0.908. The van der Waals surface area contributed by atoms with Crippen LogP contribution in [0.3, 0.4) is 0 Å². The Morgan fingerprint density at radius 3 is 2.85 bits per heavy atom. The van der Waals surface area contributed by atoms with Gasteiger partial charge in [0.05, 0.1) is 0 Å². The molecule has 0 aliphatic rings. The summed E-state index contributed by atoms with van der Waals surface area (Å²) in [6, 6.07) is 10.7. The zero-order valence-electron chi connectivity index (χ0n) is 11.4. The summed E-state index contributed by atoms with van der Waals surface area (Å²) in [7, 11) is 0. The van der Waals surface area contributed by atoms with E-state index in [1.807, 2.05) is 24.3 Å². The molecule has 4 nitrogen and oxygen atoms in total. The number of hydrogen-bond acceptors (Lipinski definition) is 3. The fourth-order valence-corrected chi connectivity index (χ4v) is 1.88. The van der Waals surface area contributed by atoms with Gasteiger partial charge in [0.1, 0.15) is 5.76 Å². The number of hydrogen-bond donors (Lipinski definition) is 1. The molecule has 2 rings (SSSR count). The summed E-state index contributed by atoms with van der Waals surface area (Å²) in [6.45, 7) is 2.05. The maximum atomic E-state index is 11.7. The molecule has 2 aromatic rings. The van der Waals surface area contributed by atoms with Crippen LogP contribution in [0.1, 0.15) is 36.7 Å². The standard InChI is InChI=1S/C16H17NO3/c1-2-3-7-16(19)17-13-6-4-5-12(10-13)15-9-8-14(11-18)20-15/h4-6,8-11H,2-3,7H2,1H3,(H,17,19). The Hall–Kier alpha value is -2.36. The maximum Gasteiger partial charge on any atom is 0.224 e. The first-order chi connectivity index (χ1) is 9.72. The second kappa shape index (κ2) is 6.70. The second-order valence-corrected chi connectivity index (χ2v) is 4.55. The highest BCUT2D eigenvalue weighted by Crippen LogP contribution is 2.24. The van der Waals surface area contributed by atoms with Crippen LogP contribution in [0.5, 0.6) is 0 Å². The predicted octanol–water partition coefficient (Wildman–Crippen LogP) is 3.89. The number of unbranched alkanes of at least 4 members (excludes halogenated alkanes) is 1. The molecule has 1 aromatic carbocycles. The zero-order valence-corrected chi connectivity index (χ0v) is 11.4. The Labute approximate surface area is 117 Å². The van der Waals surface area contributed by atoms with E-state index in [1.165, 1.54) is 0 Å². The quantitative estimate of drug-likeness (QED) is 0.811. The molecule has 104 valence electrons. The fourth-order valence-electron chi connectivity index (χ4n) is 1.88. The van der Waals surface area contributed by atoms with Crippen LogP contribution in [0.15, 0.2) is 40.8 Å². The molecule has 1 amide bonds. The predicted molar refractivity (Wildman–Crippen MR) is 77.7 cm³/mol.